The van der Waals surface area contributed by atoms with E-state index in [0.717, 1.165) is 18.7 Å². The molecule has 18 heavy (non-hydrogen) atoms. The Hall–Kier alpha value is -2.14. The summed E-state index contributed by atoms with van der Waals surface area (Å²) in [4.78, 5) is 11.2. The molecule has 0 bridgehead atoms. The number of amides is 1. The van der Waals surface area contributed by atoms with Crippen LogP contribution in [-0.4, -0.2) is 22.2 Å². The van der Waals surface area contributed by atoms with Gasteiger partial charge in [-0.1, -0.05) is 18.2 Å². The summed E-state index contributed by atoms with van der Waals surface area (Å²) >= 11 is 0. The first-order chi connectivity index (χ1) is 8.77. The molecule has 0 aliphatic heterocycles. The van der Waals surface area contributed by atoms with E-state index in [9.17, 15) is 4.79 Å². The Balaban J connectivity index is 1.85. The third-order valence-corrected chi connectivity index (χ3v) is 2.68. The molecule has 1 amide bonds. The minimum Gasteiger partial charge on any atom is -0.366 e. The Morgan fingerprint density at radius 3 is 2.89 bits per heavy atom. The van der Waals surface area contributed by atoms with Crippen LogP contribution in [0, 0.1) is 0 Å². The van der Waals surface area contributed by atoms with Crippen molar-refractivity contribution in [2.75, 3.05) is 6.54 Å². The van der Waals surface area contributed by atoms with Crippen molar-refractivity contribution in [1.82, 2.24) is 15.1 Å². The lowest BCUT2D eigenvalue weighted by atomic mass is 10.1. The molecule has 5 heteroatoms. The number of nitrogens with zero attached hydrogens (tertiary/aromatic N) is 2. The quantitative estimate of drug-likeness (QED) is 0.737. The number of nitrogens with two attached hydrogens (primary N) is 1. The summed E-state index contributed by atoms with van der Waals surface area (Å²) in [5, 5.41) is 7.38. The van der Waals surface area contributed by atoms with E-state index in [4.69, 9.17) is 5.73 Å². The van der Waals surface area contributed by atoms with Crippen LogP contribution >= 0.6 is 0 Å². The van der Waals surface area contributed by atoms with E-state index in [2.05, 4.69) is 10.4 Å². The lowest BCUT2D eigenvalue weighted by Crippen LogP contribution is -2.22. The zero-order chi connectivity index (χ0) is 12.8. The van der Waals surface area contributed by atoms with Gasteiger partial charge in [-0.2, -0.15) is 5.10 Å². The van der Waals surface area contributed by atoms with E-state index in [1.165, 1.54) is 0 Å². The van der Waals surface area contributed by atoms with Gasteiger partial charge in [0.05, 0.1) is 6.54 Å². The highest BCUT2D eigenvalue weighted by molar-refractivity contribution is 5.94. The fourth-order valence-corrected chi connectivity index (χ4v) is 1.76. The first-order valence-electron chi connectivity index (χ1n) is 5.83. The van der Waals surface area contributed by atoms with E-state index >= 15 is 0 Å². The van der Waals surface area contributed by atoms with Gasteiger partial charge in [0.25, 0.3) is 0 Å². The van der Waals surface area contributed by atoms with Crippen LogP contribution in [0.1, 0.15) is 15.9 Å². The molecule has 0 aliphatic rings. The molecule has 2 aromatic rings. The van der Waals surface area contributed by atoms with E-state index in [1.54, 1.807) is 12.3 Å². The molecule has 0 spiro atoms. The van der Waals surface area contributed by atoms with Crippen LogP contribution in [-0.2, 0) is 13.1 Å². The van der Waals surface area contributed by atoms with Gasteiger partial charge >= 0.3 is 0 Å². The first kappa shape index (κ1) is 12.3. The monoisotopic (exact) mass is 244 g/mol. The van der Waals surface area contributed by atoms with Crippen LogP contribution < -0.4 is 11.1 Å². The van der Waals surface area contributed by atoms with Crippen molar-refractivity contribution < 1.29 is 4.79 Å². The summed E-state index contributed by atoms with van der Waals surface area (Å²) in [5.74, 6) is -0.389. The fraction of sp³-hybridized carbons (Fsp3) is 0.231. The number of hydrogen-bond acceptors (Lipinski definition) is 3. The summed E-state index contributed by atoms with van der Waals surface area (Å²) < 4.78 is 1.85. The zero-order valence-corrected chi connectivity index (χ0v) is 10.0. The van der Waals surface area contributed by atoms with Gasteiger partial charge in [0.15, 0.2) is 0 Å². The normalized spacial score (nSPS) is 10.4. The molecular formula is C13H16N4O. The lowest BCUT2D eigenvalue weighted by Gasteiger charge is -2.08. The minimum absolute atomic E-state index is 0.389. The molecule has 1 aromatic heterocycles. The second kappa shape index (κ2) is 5.97. The Kier molecular flexibility index (Phi) is 4.09. The molecular weight excluding hydrogens is 228 g/mol. The molecule has 2 rings (SSSR count). The van der Waals surface area contributed by atoms with Crippen molar-refractivity contribution in [3.63, 3.8) is 0 Å². The number of aromatic nitrogens is 2. The van der Waals surface area contributed by atoms with Crippen molar-refractivity contribution in [2.24, 2.45) is 5.73 Å². The minimum atomic E-state index is -0.389. The number of rotatable bonds is 6. The molecule has 0 unspecified atom stereocenters. The Morgan fingerprint density at radius 2 is 2.17 bits per heavy atom. The predicted molar refractivity (Wildman–Crippen MR) is 68.9 cm³/mol. The third kappa shape index (κ3) is 3.18. The smallest absolute Gasteiger partial charge is 0.249 e. The number of benzene rings is 1. The molecule has 0 saturated carbocycles. The van der Waals surface area contributed by atoms with Crippen LogP contribution in [0.4, 0.5) is 0 Å². The molecule has 0 atom stereocenters. The average Bonchev–Trinajstić information content (AvgIpc) is 2.88. The van der Waals surface area contributed by atoms with Gasteiger partial charge < -0.3 is 11.1 Å². The van der Waals surface area contributed by atoms with Gasteiger partial charge in [-0.3, -0.25) is 9.48 Å². The number of carbonyl (C=O) groups excluding carboxylic acids is 1. The molecule has 1 aromatic carbocycles. The van der Waals surface area contributed by atoms with Crippen LogP contribution in [0.25, 0.3) is 0 Å². The van der Waals surface area contributed by atoms with Gasteiger partial charge in [-0.05, 0) is 17.7 Å². The molecule has 3 N–H and O–H groups in total. The van der Waals surface area contributed by atoms with Gasteiger partial charge in [-0.15, -0.1) is 0 Å². The zero-order valence-electron chi connectivity index (χ0n) is 10.0. The topological polar surface area (TPSA) is 72.9 Å². The summed E-state index contributed by atoms with van der Waals surface area (Å²) in [6.07, 6.45) is 3.67. The largest absolute Gasteiger partial charge is 0.366 e. The number of carbonyl (C=O) groups is 1. The Bertz CT molecular complexity index is 507. The lowest BCUT2D eigenvalue weighted by molar-refractivity contribution is 0.0999. The predicted octanol–water partition coefficient (Wildman–Crippen LogP) is 0.772. The highest BCUT2D eigenvalue weighted by Gasteiger charge is 2.05. The maximum atomic E-state index is 11.2. The summed E-state index contributed by atoms with van der Waals surface area (Å²) in [7, 11) is 0. The highest BCUT2D eigenvalue weighted by Crippen LogP contribution is 2.07. The molecule has 0 radical (unpaired) electrons. The Morgan fingerprint density at radius 1 is 1.33 bits per heavy atom. The van der Waals surface area contributed by atoms with Crippen molar-refractivity contribution in [3.05, 3.63) is 53.9 Å². The van der Waals surface area contributed by atoms with E-state index in [1.807, 2.05) is 35.1 Å². The SMILES string of the molecule is NC(=O)c1ccccc1CNCCn1cccn1. The van der Waals surface area contributed by atoms with Crippen molar-refractivity contribution >= 4 is 5.91 Å². The van der Waals surface area contributed by atoms with E-state index in [0.29, 0.717) is 12.1 Å². The van der Waals surface area contributed by atoms with Gasteiger partial charge in [0, 0.05) is 31.0 Å². The molecule has 1 heterocycles. The average molecular weight is 244 g/mol. The second-order valence-electron chi connectivity index (χ2n) is 3.97. The molecule has 0 aliphatic carbocycles. The summed E-state index contributed by atoms with van der Waals surface area (Å²) in [5.41, 5.74) is 6.81. The molecule has 5 nitrogen and oxygen atoms in total. The maximum absolute atomic E-state index is 11.2. The maximum Gasteiger partial charge on any atom is 0.249 e. The number of nitrogens with one attached hydrogen (secondary N) is 1. The summed E-state index contributed by atoms with van der Waals surface area (Å²) in [6, 6.07) is 9.25. The highest BCUT2D eigenvalue weighted by atomic mass is 16.1. The van der Waals surface area contributed by atoms with Crippen LogP contribution in [0.2, 0.25) is 0 Å². The molecule has 0 fully saturated rings. The van der Waals surface area contributed by atoms with Crippen molar-refractivity contribution in [2.45, 2.75) is 13.1 Å². The van der Waals surface area contributed by atoms with Gasteiger partial charge in [0.1, 0.15) is 0 Å². The molecule has 94 valence electrons. The van der Waals surface area contributed by atoms with E-state index < -0.39 is 0 Å². The first-order valence-corrected chi connectivity index (χ1v) is 5.83. The fourth-order valence-electron chi connectivity index (χ4n) is 1.76. The second-order valence-corrected chi connectivity index (χ2v) is 3.97. The number of hydrogen-bond donors (Lipinski definition) is 2. The molecule has 0 saturated heterocycles. The van der Waals surface area contributed by atoms with Crippen LogP contribution in [0.3, 0.4) is 0 Å². The van der Waals surface area contributed by atoms with Gasteiger partial charge in [-0.25, -0.2) is 0 Å². The van der Waals surface area contributed by atoms with Gasteiger partial charge in [0.2, 0.25) is 5.91 Å². The standard InChI is InChI=1S/C13H16N4O/c14-13(18)12-5-2-1-4-11(12)10-15-7-9-17-8-3-6-16-17/h1-6,8,15H,7,9-10H2,(H2,14,18). The number of primary amides is 1. The third-order valence-electron chi connectivity index (χ3n) is 2.68. The van der Waals surface area contributed by atoms with Crippen LogP contribution in [0.5, 0.6) is 0 Å². The van der Waals surface area contributed by atoms with E-state index in [-0.39, 0.29) is 5.91 Å². The van der Waals surface area contributed by atoms with Crippen molar-refractivity contribution in [3.8, 4) is 0 Å². The van der Waals surface area contributed by atoms with Crippen LogP contribution in [0.15, 0.2) is 42.7 Å². The van der Waals surface area contributed by atoms with Crippen molar-refractivity contribution in [1.29, 1.82) is 0 Å². The Labute approximate surface area is 106 Å². The summed E-state index contributed by atoms with van der Waals surface area (Å²) in [6.45, 7) is 2.21.